The van der Waals surface area contributed by atoms with Crippen LogP contribution in [0.3, 0.4) is 0 Å². The van der Waals surface area contributed by atoms with Gasteiger partial charge in [-0.3, -0.25) is 19.4 Å². The monoisotopic (exact) mass is 477 g/mol. The standard InChI is InChI=1S/C20H17Cl2N5O3S/c1-10-3-6-16(23-11(2)28)13(7-10)18-19(30)25-20(27-26-18)31-9-17(29)24-12-4-5-14(21)15(22)8-12/h3-8H,9H2,1-2H3,(H,23,28)(H,24,29)(H,25,27,30). The van der Waals surface area contributed by atoms with Gasteiger partial charge >= 0.3 is 0 Å². The number of aromatic amines is 1. The molecule has 1 heterocycles. The molecular weight excluding hydrogens is 461 g/mol. The fourth-order valence-corrected chi connectivity index (χ4v) is 3.52. The van der Waals surface area contributed by atoms with Crippen LogP contribution in [0.15, 0.2) is 46.3 Å². The van der Waals surface area contributed by atoms with E-state index in [2.05, 4.69) is 25.8 Å². The summed E-state index contributed by atoms with van der Waals surface area (Å²) in [5.41, 5.74) is 1.89. The van der Waals surface area contributed by atoms with E-state index in [1.54, 1.807) is 24.3 Å². The highest BCUT2D eigenvalue weighted by Gasteiger charge is 2.14. The van der Waals surface area contributed by atoms with Crippen molar-refractivity contribution in [1.29, 1.82) is 0 Å². The van der Waals surface area contributed by atoms with Crippen LogP contribution in [-0.4, -0.2) is 32.7 Å². The average Bonchev–Trinajstić information content (AvgIpc) is 2.70. The predicted octanol–water partition coefficient (Wildman–Crippen LogP) is 4.14. The third-order valence-corrected chi connectivity index (χ3v) is 5.56. The molecule has 2 aromatic carbocycles. The second-order valence-electron chi connectivity index (χ2n) is 6.50. The number of halogens is 2. The molecule has 0 saturated heterocycles. The van der Waals surface area contributed by atoms with Gasteiger partial charge in [-0.2, -0.15) is 0 Å². The number of rotatable bonds is 6. The van der Waals surface area contributed by atoms with Crippen LogP contribution in [0.5, 0.6) is 0 Å². The van der Waals surface area contributed by atoms with Crippen molar-refractivity contribution in [2.24, 2.45) is 0 Å². The number of anilines is 2. The quantitative estimate of drug-likeness (QED) is 0.459. The molecule has 0 radical (unpaired) electrons. The molecule has 160 valence electrons. The van der Waals surface area contributed by atoms with E-state index < -0.39 is 5.56 Å². The zero-order valence-electron chi connectivity index (χ0n) is 16.5. The molecule has 0 unspecified atom stereocenters. The van der Waals surface area contributed by atoms with E-state index >= 15 is 0 Å². The molecule has 31 heavy (non-hydrogen) atoms. The molecule has 11 heteroatoms. The van der Waals surface area contributed by atoms with Crippen LogP contribution in [0.2, 0.25) is 10.0 Å². The summed E-state index contributed by atoms with van der Waals surface area (Å²) >= 11 is 12.8. The molecule has 1 aromatic heterocycles. The van der Waals surface area contributed by atoms with Gasteiger partial charge < -0.3 is 10.6 Å². The van der Waals surface area contributed by atoms with Gasteiger partial charge in [0.15, 0.2) is 10.9 Å². The highest BCUT2D eigenvalue weighted by Crippen LogP contribution is 2.26. The smallest absolute Gasteiger partial charge is 0.278 e. The Kier molecular flexibility index (Phi) is 7.32. The first-order chi connectivity index (χ1) is 14.7. The van der Waals surface area contributed by atoms with E-state index in [9.17, 15) is 14.4 Å². The molecule has 8 nitrogen and oxygen atoms in total. The van der Waals surface area contributed by atoms with Gasteiger partial charge in [0, 0.05) is 18.2 Å². The van der Waals surface area contributed by atoms with Gasteiger partial charge in [0.05, 0.1) is 21.5 Å². The minimum absolute atomic E-state index is 0.00814. The van der Waals surface area contributed by atoms with Crippen molar-refractivity contribution in [1.82, 2.24) is 15.2 Å². The molecule has 0 aliphatic carbocycles. The summed E-state index contributed by atoms with van der Waals surface area (Å²) in [5.74, 6) is -0.595. The van der Waals surface area contributed by atoms with Gasteiger partial charge in [0.25, 0.3) is 5.56 Å². The first-order valence-electron chi connectivity index (χ1n) is 8.96. The number of H-pyrrole nitrogens is 1. The highest BCUT2D eigenvalue weighted by atomic mass is 35.5. The lowest BCUT2D eigenvalue weighted by Gasteiger charge is -2.10. The fourth-order valence-electron chi connectivity index (χ4n) is 2.62. The molecular formula is C20H17Cl2N5O3S. The minimum atomic E-state index is -0.486. The van der Waals surface area contributed by atoms with Gasteiger partial charge in [0.1, 0.15) is 0 Å². The molecule has 0 aliphatic rings. The number of aromatic nitrogens is 3. The third kappa shape index (κ3) is 6.06. The predicted molar refractivity (Wildman–Crippen MR) is 123 cm³/mol. The maximum absolute atomic E-state index is 12.6. The number of hydrogen-bond acceptors (Lipinski definition) is 6. The number of nitrogens with one attached hydrogen (secondary N) is 3. The highest BCUT2D eigenvalue weighted by molar-refractivity contribution is 7.99. The topological polar surface area (TPSA) is 117 Å². The van der Waals surface area contributed by atoms with Gasteiger partial charge in [-0.1, -0.05) is 46.6 Å². The molecule has 0 atom stereocenters. The minimum Gasteiger partial charge on any atom is -0.326 e. The normalized spacial score (nSPS) is 10.6. The molecule has 3 aromatic rings. The number of carbonyl (C=O) groups is 2. The van der Waals surface area contributed by atoms with Crippen molar-refractivity contribution < 1.29 is 9.59 Å². The summed E-state index contributed by atoms with van der Waals surface area (Å²) in [4.78, 5) is 38.8. The van der Waals surface area contributed by atoms with Crippen LogP contribution in [0.1, 0.15) is 12.5 Å². The largest absolute Gasteiger partial charge is 0.326 e. The molecule has 0 saturated carbocycles. The number of hydrogen-bond donors (Lipinski definition) is 3. The molecule has 3 N–H and O–H groups in total. The molecule has 0 spiro atoms. The fraction of sp³-hybridized carbons (Fsp3) is 0.150. The van der Waals surface area contributed by atoms with Crippen LogP contribution in [-0.2, 0) is 9.59 Å². The van der Waals surface area contributed by atoms with Crippen LogP contribution in [0.4, 0.5) is 11.4 Å². The summed E-state index contributed by atoms with van der Waals surface area (Å²) in [6.07, 6.45) is 0. The Balaban J connectivity index is 1.72. The lowest BCUT2D eigenvalue weighted by atomic mass is 10.1. The summed E-state index contributed by atoms with van der Waals surface area (Å²) in [6, 6.07) is 9.99. The summed E-state index contributed by atoms with van der Waals surface area (Å²) in [7, 11) is 0. The van der Waals surface area contributed by atoms with Gasteiger partial charge in [0.2, 0.25) is 11.8 Å². The Morgan fingerprint density at radius 1 is 1.06 bits per heavy atom. The first-order valence-corrected chi connectivity index (χ1v) is 10.7. The van der Waals surface area contributed by atoms with Crippen molar-refractivity contribution in [3.05, 3.63) is 62.4 Å². The number of aryl methyl sites for hydroxylation is 1. The molecule has 3 rings (SSSR count). The Morgan fingerprint density at radius 3 is 2.52 bits per heavy atom. The summed E-state index contributed by atoms with van der Waals surface area (Å²) < 4.78 is 0. The second kappa shape index (κ2) is 9.95. The number of nitrogens with zero attached hydrogens (tertiary/aromatic N) is 2. The maximum Gasteiger partial charge on any atom is 0.278 e. The number of amides is 2. The lowest BCUT2D eigenvalue weighted by molar-refractivity contribution is -0.114. The number of benzene rings is 2. The second-order valence-corrected chi connectivity index (χ2v) is 8.28. The van der Waals surface area contributed by atoms with E-state index in [4.69, 9.17) is 23.2 Å². The summed E-state index contributed by atoms with van der Waals surface area (Å²) in [6.45, 7) is 3.24. The van der Waals surface area contributed by atoms with Crippen molar-refractivity contribution in [2.75, 3.05) is 16.4 Å². The van der Waals surface area contributed by atoms with E-state index in [0.717, 1.165) is 17.3 Å². The van der Waals surface area contributed by atoms with Crippen molar-refractivity contribution in [3.63, 3.8) is 0 Å². The Morgan fingerprint density at radius 2 is 1.84 bits per heavy atom. The van der Waals surface area contributed by atoms with Gasteiger partial charge in [-0.25, -0.2) is 0 Å². The van der Waals surface area contributed by atoms with Crippen molar-refractivity contribution >= 4 is 58.2 Å². The van der Waals surface area contributed by atoms with Gasteiger partial charge in [-0.05, 0) is 37.3 Å². The first kappa shape index (κ1) is 22.8. The van der Waals surface area contributed by atoms with Crippen LogP contribution < -0.4 is 16.2 Å². The van der Waals surface area contributed by atoms with Gasteiger partial charge in [-0.15, -0.1) is 10.2 Å². The molecule has 2 amide bonds. The molecule has 0 aliphatic heterocycles. The molecule has 0 bridgehead atoms. The summed E-state index contributed by atoms with van der Waals surface area (Å²) in [5, 5.41) is 14.3. The number of thioether (sulfide) groups is 1. The SMILES string of the molecule is CC(=O)Nc1ccc(C)cc1-c1nnc(SCC(=O)Nc2ccc(Cl)c(Cl)c2)[nH]c1=O. The van der Waals surface area contributed by atoms with E-state index in [1.807, 2.05) is 13.0 Å². The Bertz CT molecular complexity index is 1220. The van der Waals surface area contributed by atoms with Crippen LogP contribution >= 0.6 is 35.0 Å². The molecule has 0 fully saturated rings. The van der Waals surface area contributed by atoms with Crippen molar-refractivity contribution in [2.45, 2.75) is 19.0 Å². The maximum atomic E-state index is 12.6. The van der Waals surface area contributed by atoms with Crippen LogP contribution in [0, 0.1) is 6.92 Å². The average molecular weight is 478 g/mol. The van der Waals surface area contributed by atoms with E-state index in [0.29, 0.717) is 27.0 Å². The van der Waals surface area contributed by atoms with Crippen molar-refractivity contribution in [3.8, 4) is 11.3 Å². The number of carbonyl (C=O) groups excluding carboxylic acids is 2. The zero-order chi connectivity index (χ0) is 22.5. The third-order valence-electron chi connectivity index (χ3n) is 3.96. The Labute approximate surface area is 191 Å². The Hall–Kier alpha value is -2.88. The van der Waals surface area contributed by atoms with E-state index in [-0.39, 0.29) is 28.4 Å². The van der Waals surface area contributed by atoms with E-state index in [1.165, 1.54) is 13.0 Å². The van der Waals surface area contributed by atoms with Crippen LogP contribution in [0.25, 0.3) is 11.3 Å². The lowest BCUT2D eigenvalue weighted by Crippen LogP contribution is -2.18. The zero-order valence-corrected chi connectivity index (χ0v) is 18.8.